The van der Waals surface area contributed by atoms with E-state index in [1.807, 2.05) is 0 Å². The quantitative estimate of drug-likeness (QED) is 0.297. The topological polar surface area (TPSA) is 52.6 Å². The lowest BCUT2D eigenvalue weighted by Gasteiger charge is -2.23. The molecule has 0 heterocycles. The van der Waals surface area contributed by atoms with E-state index < -0.39 is 20.3 Å². The third-order valence-corrected chi connectivity index (χ3v) is 1.90. The summed E-state index contributed by atoms with van der Waals surface area (Å²) in [6.07, 6.45) is 0.501. The fraction of sp³-hybridized carbons (Fsp3) is 0.667. The summed E-state index contributed by atoms with van der Waals surface area (Å²) < 4.78 is 19.8. The molecule has 0 aliphatic rings. The van der Waals surface area contributed by atoms with E-state index in [0.717, 1.165) is 0 Å². The van der Waals surface area contributed by atoms with Crippen LogP contribution in [0.1, 0.15) is 27.2 Å². The molecule has 0 aromatic rings. The summed E-state index contributed by atoms with van der Waals surface area (Å²) in [5.74, 6) is -0.417. The van der Waals surface area contributed by atoms with Crippen LogP contribution in [-0.4, -0.2) is 18.2 Å². The Labute approximate surface area is 85.6 Å². The van der Waals surface area contributed by atoms with Gasteiger partial charge in [-0.1, -0.05) is 6.58 Å². The SMILES string of the molecule is C=C(C)C(=O)OC(C)(C)CCO[PH+]=O. The first-order valence-corrected chi connectivity index (χ1v) is 5.08. The molecule has 0 spiro atoms. The molecular weight excluding hydrogens is 203 g/mol. The third-order valence-electron chi connectivity index (χ3n) is 1.58. The Balaban J connectivity index is 3.99. The number of hydrogen-bond acceptors (Lipinski definition) is 4. The number of esters is 1. The van der Waals surface area contributed by atoms with Crippen molar-refractivity contribution in [3.63, 3.8) is 0 Å². The summed E-state index contributed by atoms with van der Waals surface area (Å²) in [6.45, 7) is 8.91. The first-order valence-electron chi connectivity index (χ1n) is 4.27. The molecule has 0 saturated carbocycles. The standard InChI is InChI=1S/C9H16O4P/c1-7(2)8(10)13-9(3,4)5-6-12-14-11/h14H,1,5-6H2,2-4H3/q+1. The van der Waals surface area contributed by atoms with Gasteiger partial charge in [-0.3, -0.25) is 0 Å². The van der Waals surface area contributed by atoms with Crippen LogP contribution in [-0.2, 0) is 18.6 Å². The van der Waals surface area contributed by atoms with Gasteiger partial charge in [0.25, 0.3) is 0 Å². The van der Waals surface area contributed by atoms with Gasteiger partial charge in [-0.2, -0.15) is 0 Å². The van der Waals surface area contributed by atoms with E-state index in [1.165, 1.54) is 0 Å². The molecule has 0 aliphatic carbocycles. The molecule has 80 valence electrons. The van der Waals surface area contributed by atoms with Gasteiger partial charge >= 0.3 is 14.7 Å². The minimum atomic E-state index is -0.773. The maximum Gasteiger partial charge on any atom is 0.494 e. The van der Waals surface area contributed by atoms with Gasteiger partial charge in [0.15, 0.2) is 0 Å². The largest absolute Gasteiger partial charge is 0.494 e. The zero-order valence-corrected chi connectivity index (χ0v) is 9.75. The van der Waals surface area contributed by atoms with E-state index in [1.54, 1.807) is 20.8 Å². The highest BCUT2D eigenvalue weighted by molar-refractivity contribution is 7.17. The highest BCUT2D eigenvalue weighted by Gasteiger charge is 2.23. The summed E-state index contributed by atoms with van der Waals surface area (Å²) in [7, 11) is -0.773. The zero-order valence-electron chi connectivity index (χ0n) is 8.75. The monoisotopic (exact) mass is 219 g/mol. The molecule has 0 fully saturated rings. The molecule has 4 nitrogen and oxygen atoms in total. The molecule has 1 unspecified atom stereocenters. The minimum absolute atomic E-state index is 0.304. The van der Waals surface area contributed by atoms with Crippen molar-refractivity contribution in [2.75, 3.05) is 6.61 Å². The zero-order chi connectivity index (χ0) is 11.2. The maximum atomic E-state index is 11.2. The second-order valence-corrected chi connectivity index (χ2v) is 4.07. The highest BCUT2D eigenvalue weighted by Crippen LogP contribution is 2.17. The van der Waals surface area contributed by atoms with Gasteiger partial charge < -0.3 is 4.74 Å². The lowest BCUT2D eigenvalue weighted by molar-refractivity contribution is -0.152. The van der Waals surface area contributed by atoms with Crippen LogP contribution in [0.5, 0.6) is 0 Å². The maximum absolute atomic E-state index is 11.2. The number of ether oxygens (including phenoxy) is 1. The predicted octanol–water partition coefficient (Wildman–Crippen LogP) is 2.23. The molecule has 0 amide bonds. The Kier molecular flexibility index (Phi) is 5.58. The second kappa shape index (κ2) is 5.89. The van der Waals surface area contributed by atoms with Gasteiger partial charge in [0.1, 0.15) is 12.2 Å². The Bertz CT molecular complexity index is 235. The normalized spacial score (nSPS) is 11.4. The fourth-order valence-corrected chi connectivity index (χ4v) is 0.913. The predicted molar refractivity (Wildman–Crippen MR) is 54.6 cm³/mol. The van der Waals surface area contributed by atoms with Gasteiger partial charge in [-0.15, -0.1) is 4.52 Å². The second-order valence-electron chi connectivity index (χ2n) is 3.61. The molecule has 5 heteroatoms. The van der Waals surface area contributed by atoms with E-state index in [0.29, 0.717) is 18.6 Å². The third kappa shape index (κ3) is 5.84. The summed E-state index contributed by atoms with van der Waals surface area (Å²) in [5.41, 5.74) is -0.250. The van der Waals surface area contributed by atoms with Gasteiger partial charge in [0, 0.05) is 12.0 Å². The van der Waals surface area contributed by atoms with Crippen LogP contribution in [0.3, 0.4) is 0 Å². The number of rotatable bonds is 6. The Hall–Kier alpha value is -0.730. The molecule has 0 aromatic heterocycles. The summed E-state index contributed by atoms with van der Waals surface area (Å²) >= 11 is 0. The molecule has 0 bridgehead atoms. The van der Waals surface area contributed by atoms with Crippen molar-refractivity contribution in [1.29, 1.82) is 0 Å². The van der Waals surface area contributed by atoms with Crippen LogP contribution < -0.4 is 0 Å². The fourth-order valence-electron chi connectivity index (χ4n) is 0.728. The molecular formula is C9H16O4P+. The molecule has 1 atom stereocenters. The first kappa shape index (κ1) is 13.3. The molecule has 0 aromatic carbocycles. The van der Waals surface area contributed by atoms with Crippen LogP contribution >= 0.6 is 8.69 Å². The summed E-state index contributed by atoms with van der Waals surface area (Å²) in [4.78, 5) is 11.2. The van der Waals surface area contributed by atoms with Crippen LogP contribution in [0.4, 0.5) is 0 Å². The van der Waals surface area contributed by atoms with Crippen molar-refractivity contribution in [3.05, 3.63) is 12.2 Å². The van der Waals surface area contributed by atoms with Crippen molar-refractivity contribution in [1.82, 2.24) is 0 Å². The van der Waals surface area contributed by atoms with E-state index in [9.17, 15) is 9.36 Å². The van der Waals surface area contributed by atoms with Crippen molar-refractivity contribution in [2.45, 2.75) is 32.8 Å². The van der Waals surface area contributed by atoms with Gasteiger partial charge in [-0.05, 0) is 25.3 Å². The lowest BCUT2D eigenvalue weighted by Crippen LogP contribution is -2.29. The average molecular weight is 219 g/mol. The van der Waals surface area contributed by atoms with Gasteiger partial charge in [-0.25, -0.2) is 4.79 Å². The molecule has 0 radical (unpaired) electrons. The van der Waals surface area contributed by atoms with Crippen LogP contribution in [0.15, 0.2) is 12.2 Å². The molecule has 0 rings (SSSR count). The van der Waals surface area contributed by atoms with E-state index in [-0.39, 0.29) is 0 Å². The Morgan fingerprint density at radius 3 is 2.50 bits per heavy atom. The Morgan fingerprint density at radius 1 is 1.50 bits per heavy atom. The van der Waals surface area contributed by atoms with Crippen LogP contribution in [0.2, 0.25) is 0 Å². The number of carbonyl (C=O) groups excluding carboxylic acids is 1. The first-order chi connectivity index (χ1) is 6.39. The minimum Gasteiger partial charge on any atom is -0.456 e. The number of hydrogen-bond donors (Lipinski definition) is 0. The van der Waals surface area contributed by atoms with Crippen LogP contribution in [0, 0.1) is 0 Å². The Morgan fingerprint density at radius 2 is 2.07 bits per heavy atom. The van der Waals surface area contributed by atoms with Crippen molar-refractivity contribution in [2.24, 2.45) is 0 Å². The van der Waals surface area contributed by atoms with Gasteiger partial charge in [0.05, 0.1) is 0 Å². The van der Waals surface area contributed by atoms with Crippen LogP contribution in [0.25, 0.3) is 0 Å². The average Bonchev–Trinajstić information content (AvgIpc) is 2.03. The highest BCUT2D eigenvalue weighted by atomic mass is 31.1. The van der Waals surface area contributed by atoms with Crippen molar-refractivity contribution >= 4 is 14.7 Å². The molecule has 0 aliphatic heterocycles. The van der Waals surface area contributed by atoms with Crippen molar-refractivity contribution in [3.8, 4) is 0 Å². The smallest absolute Gasteiger partial charge is 0.456 e. The molecule has 0 N–H and O–H groups in total. The van der Waals surface area contributed by atoms with E-state index >= 15 is 0 Å². The summed E-state index contributed by atoms with van der Waals surface area (Å²) in [5, 5.41) is 0. The lowest BCUT2D eigenvalue weighted by atomic mass is 10.1. The molecule has 0 saturated heterocycles. The van der Waals surface area contributed by atoms with E-state index in [2.05, 4.69) is 11.1 Å². The number of carbonyl (C=O) groups is 1. The van der Waals surface area contributed by atoms with Crippen molar-refractivity contribution < 1.29 is 18.6 Å². The van der Waals surface area contributed by atoms with Gasteiger partial charge in [0.2, 0.25) is 0 Å². The summed E-state index contributed by atoms with van der Waals surface area (Å²) in [6, 6.07) is 0. The van der Waals surface area contributed by atoms with E-state index in [4.69, 9.17) is 4.74 Å². The molecule has 14 heavy (non-hydrogen) atoms.